The van der Waals surface area contributed by atoms with Crippen LogP contribution in [0.5, 0.6) is 0 Å². The quantitative estimate of drug-likeness (QED) is 0.859. The Labute approximate surface area is 121 Å². The lowest BCUT2D eigenvalue weighted by Crippen LogP contribution is -2.17. The summed E-state index contributed by atoms with van der Waals surface area (Å²) in [5, 5.41) is 8.81. The summed E-state index contributed by atoms with van der Waals surface area (Å²) in [7, 11) is -1.12. The van der Waals surface area contributed by atoms with Gasteiger partial charge in [-0.1, -0.05) is 6.07 Å². The number of carboxylic acid groups (broad SMARTS) is 1. The highest BCUT2D eigenvalue weighted by atomic mass is 79.9. The van der Waals surface area contributed by atoms with Crippen LogP contribution in [0.3, 0.4) is 0 Å². The van der Waals surface area contributed by atoms with Crippen LogP contribution >= 0.6 is 15.9 Å². The van der Waals surface area contributed by atoms with Crippen molar-refractivity contribution in [1.29, 1.82) is 0 Å². The molecule has 19 heavy (non-hydrogen) atoms. The first-order chi connectivity index (χ1) is 8.90. The molecule has 0 saturated heterocycles. The highest BCUT2D eigenvalue weighted by molar-refractivity contribution is 9.10. The van der Waals surface area contributed by atoms with Crippen LogP contribution in [0.4, 0.5) is 4.39 Å². The average Bonchev–Trinajstić information content (AvgIpc) is 3.01. The minimum Gasteiger partial charge on any atom is -0.481 e. The number of carbonyl (C=O) groups is 1. The van der Waals surface area contributed by atoms with E-state index in [2.05, 4.69) is 15.9 Å². The van der Waals surface area contributed by atoms with Gasteiger partial charge in [-0.25, -0.2) is 4.39 Å². The van der Waals surface area contributed by atoms with Gasteiger partial charge < -0.3 is 5.11 Å². The molecule has 0 radical (unpaired) electrons. The molecule has 104 valence electrons. The van der Waals surface area contributed by atoms with Crippen molar-refractivity contribution in [2.24, 2.45) is 5.41 Å². The molecular formula is C13H14BrFO3S. The molecule has 1 N–H and O–H groups in total. The van der Waals surface area contributed by atoms with Crippen molar-refractivity contribution in [3.63, 3.8) is 0 Å². The molecule has 1 unspecified atom stereocenters. The first-order valence-corrected chi connectivity index (χ1v) is 8.19. The van der Waals surface area contributed by atoms with Gasteiger partial charge in [0.05, 0.1) is 10.9 Å². The number of halogens is 2. The maximum absolute atomic E-state index is 13.1. The van der Waals surface area contributed by atoms with Gasteiger partial charge in [-0.05, 0) is 51.9 Å². The average molecular weight is 349 g/mol. The summed E-state index contributed by atoms with van der Waals surface area (Å²) >= 11 is 3.09. The Morgan fingerprint density at radius 3 is 2.68 bits per heavy atom. The molecular weight excluding hydrogens is 335 g/mol. The fourth-order valence-electron chi connectivity index (χ4n) is 2.08. The van der Waals surface area contributed by atoms with Gasteiger partial charge in [-0.3, -0.25) is 9.00 Å². The fourth-order valence-corrected chi connectivity index (χ4v) is 4.23. The zero-order chi connectivity index (χ0) is 14.0. The highest BCUT2D eigenvalue weighted by Crippen LogP contribution is 2.49. The van der Waals surface area contributed by atoms with Gasteiger partial charge in [0, 0.05) is 22.3 Å². The maximum atomic E-state index is 13.1. The summed E-state index contributed by atoms with van der Waals surface area (Å²) in [6, 6.07) is 4.56. The van der Waals surface area contributed by atoms with E-state index in [0.717, 1.165) is 18.4 Å². The van der Waals surface area contributed by atoms with Crippen LogP contribution in [0, 0.1) is 11.2 Å². The lowest BCUT2D eigenvalue weighted by atomic mass is 10.1. The van der Waals surface area contributed by atoms with E-state index in [-0.39, 0.29) is 17.7 Å². The fraction of sp³-hybridized carbons (Fsp3) is 0.462. The summed E-state index contributed by atoms with van der Waals surface area (Å²) < 4.78 is 25.5. The molecule has 0 heterocycles. The maximum Gasteiger partial charge on any atom is 0.303 e. The van der Waals surface area contributed by atoms with Crippen molar-refractivity contribution in [3.05, 3.63) is 34.1 Å². The van der Waals surface area contributed by atoms with E-state index in [1.54, 1.807) is 12.1 Å². The topological polar surface area (TPSA) is 54.4 Å². The summed E-state index contributed by atoms with van der Waals surface area (Å²) in [4.78, 5) is 10.7. The third-order valence-corrected chi connectivity index (χ3v) is 5.46. The smallest absolute Gasteiger partial charge is 0.303 e. The van der Waals surface area contributed by atoms with E-state index in [1.165, 1.54) is 6.07 Å². The van der Waals surface area contributed by atoms with Crippen LogP contribution in [0.1, 0.15) is 24.8 Å². The number of rotatable bonds is 6. The van der Waals surface area contributed by atoms with Crippen LogP contribution in [0.25, 0.3) is 0 Å². The molecule has 0 amide bonds. The molecule has 1 aromatic rings. The van der Waals surface area contributed by atoms with Crippen molar-refractivity contribution in [2.75, 3.05) is 5.75 Å². The van der Waals surface area contributed by atoms with Gasteiger partial charge in [0.2, 0.25) is 0 Å². The minimum atomic E-state index is -1.12. The summed E-state index contributed by atoms with van der Waals surface area (Å²) in [5.74, 6) is -0.438. The Balaban J connectivity index is 1.94. The zero-order valence-corrected chi connectivity index (χ0v) is 12.6. The second kappa shape index (κ2) is 5.71. The molecule has 0 aliphatic heterocycles. The lowest BCUT2D eigenvalue weighted by Gasteiger charge is -2.12. The molecule has 0 spiro atoms. The minimum absolute atomic E-state index is 0.0891. The molecule has 1 aromatic carbocycles. The highest BCUT2D eigenvalue weighted by Gasteiger charge is 2.45. The van der Waals surface area contributed by atoms with E-state index in [4.69, 9.17) is 5.11 Å². The van der Waals surface area contributed by atoms with Crippen LogP contribution in [0.2, 0.25) is 0 Å². The normalized spacial score (nSPS) is 18.0. The monoisotopic (exact) mass is 348 g/mol. The van der Waals surface area contributed by atoms with E-state index in [1.807, 2.05) is 0 Å². The number of benzene rings is 1. The van der Waals surface area contributed by atoms with Gasteiger partial charge >= 0.3 is 5.97 Å². The van der Waals surface area contributed by atoms with E-state index in [9.17, 15) is 13.4 Å². The third-order valence-electron chi connectivity index (χ3n) is 3.26. The molecule has 1 aliphatic rings. The van der Waals surface area contributed by atoms with Crippen LogP contribution in [-0.2, 0) is 21.3 Å². The Hall–Kier alpha value is -0.750. The summed E-state index contributed by atoms with van der Waals surface area (Å²) in [5.41, 5.74) is 0.520. The zero-order valence-electron chi connectivity index (χ0n) is 10.2. The van der Waals surface area contributed by atoms with Crippen molar-refractivity contribution >= 4 is 32.7 Å². The Morgan fingerprint density at radius 1 is 1.47 bits per heavy atom. The molecule has 0 bridgehead atoms. The van der Waals surface area contributed by atoms with Gasteiger partial charge in [0.15, 0.2) is 0 Å². The van der Waals surface area contributed by atoms with Crippen molar-refractivity contribution in [2.45, 2.75) is 25.0 Å². The number of hydrogen-bond donors (Lipinski definition) is 1. The molecule has 0 aromatic heterocycles. The molecule has 1 aliphatic carbocycles. The van der Waals surface area contributed by atoms with Crippen molar-refractivity contribution in [1.82, 2.24) is 0 Å². The SMILES string of the molecule is O=C(O)CC1(CS(=O)Cc2ccc(F)c(Br)c2)CC1. The van der Waals surface area contributed by atoms with Crippen LogP contribution < -0.4 is 0 Å². The van der Waals surface area contributed by atoms with Crippen LogP contribution in [0.15, 0.2) is 22.7 Å². The van der Waals surface area contributed by atoms with E-state index in [0.29, 0.717) is 16.0 Å². The van der Waals surface area contributed by atoms with Gasteiger partial charge in [0.1, 0.15) is 5.82 Å². The predicted molar refractivity (Wildman–Crippen MR) is 74.7 cm³/mol. The summed E-state index contributed by atoms with van der Waals surface area (Å²) in [6.45, 7) is 0. The Morgan fingerprint density at radius 2 is 2.16 bits per heavy atom. The Kier molecular flexibility index (Phi) is 4.40. The molecule has 3 nitrogen and oxygen atoms in total. The summed E-state index contributed by atoms with van der Waals surface area (Å²) in [6.07, 6.45) is 1.75. The van der Waals surface area contributed by atoms with E-state index < -0.39 is 16.8 Å². The van der Waals surface area contributed by atoms with E-state index >= 15 is 0 Å². The number of hydrogen-bond acceptors (Lipinski definition) is 2. The number of carboxylic acids is 1. The second-order valence-electron chi connectivity index (χ2n) is 5.05. The van der Waals surface area contributed by atoms with Gasteiger partial charge in [-0.2, -0.15) is 0 Å². The van der Waals surface area contributed by atoms with Crippen LogP contribution in [-0.4, -0.2) is 21.0 Å². The van der Waals surface area contributed by atoms with Crippen molar-refractivity contribution < 1.29 is 18.5 Å². The first kappa shape index (κ1) is 14.7. The lowest BCUT2D eigenvalue weighted by molar-refractivity contribution is -0.138. The third kappa shape index (κ3) is 4.11. The molecule has 1 fully saturated rings. The molecule has 6 heteroatoms. The first-order valence-electron chi connectivity index (χ1n) is 5.91. The molecule has 1 atom stereocenters. The van der Waals surface area contributed by atoms with Gasteiger partial charge in [0.25, 0.3) is 0 Å². The standard InChI is InChI=1S/C13H14BrFO3S/c14-10-5-9(1-2-11(10)15)7-19(18)8-13(3-4-13)6-12(16)17/h1-2,5H,3-4,6-8H2,(H,16,17). The van der Waals surface area contributed by atoms with Gasteiger partial charge in [-0.15, -0.1) is 0 Å². The Bertz CT molecular complexity index is 529. The van der Waals surface area contributed by atoms with Crippen molar-refractivity contribution in [3.8, 4) is 0 Å². The molecule has 2 rings (SSSR count). The second-order valence-corrected chi connectivity index (χ2v) is 7.36. The predicted octanol–water partition coefficient (Wildman–Crippen LogP) is 3.09. The number of aliphatic carboxylic acids is 1. The molecule has 1 saturated carbocycles. The largest absolute Gasteiger partial charge is 0.481 e.